The topological polar surface area (TPSA) is 97.5 Å². The smallest absolute Gasteiger partial charge is 0.444 e. The Labute approximate surface area is 124 Å². The minimum absolute atomic E-state index is 0.219. The summed E-state index contributed by atoms with van der Waals surface area (Å²) in [4.78, 5) is 14.7. The Morgan fingerprint density at radius 2 is 2.00 bits per heavy atom. The predicted molar refractivity (Wildman–Crippen MR) is 67.7 cm³/mol. The summed E-state index contributed by atoms with van der Waals surface area (Å²) in [6.07, 6.45) is -6.95. The molecule has 1 amide bonds. The first kappa shape index (κ1) is 18.2. The summed E-state index contributed by atoms with van der Waals surface area (Å²) >= 11 is 0. The molecule has 0 aliphatic carbocycles. The van der Waals surface area contributed by atoms with Crippen molar-refractivity contribution in [1.82, 2.24) is 15.5 Å². The fraction of sp³-hybridized carbons (Fsp3) is 0.750. The van der Waals surface area contributed by atoms with Gasteiger partial charge in [0, 0.05) is 0 Å². The van der Waals surface area contributed by atoms with Crippen LogP contribution in [0.15, 0.2) is 4.52 Å². The van der Waals surface area contributed by atoms with Gasteiger partial charge in [-0.15, -0.1) is 0 Å². The van der Waals surface area contributed by atoms with Crippen molar-refractivity contribution in [2.24, 2.45) is 0 Å². The van der Waals surface area contributed by atoms with E-state index in [1.54, 1.807) is 27.7 Å². The molecular weight excluding hydrogens is 307 g/mol. The average molecular weight is 325 g/mol. The van der Waals surface area contributed by atoms with E-state index in [9.17, 15) is 23.1 Å². The molecule has 0 aromatic carbocycles. The standard InChI is InChI=1S/C12H18F3N3O4/c1-5-6(16-10(20)21-11(2,3)4)7(19)8-17-9(22-18-8)12(13,14)15/h6-7,19H,5H2,1-4H3,(H,16,20)/t6-,7?/m0/s1. The highest BCUT2D eigenvalue weighted by Gasteiger charge is 2.40. The lowest BCUT2D eigenvalue weighted by Crippen LogP contribution is -2.42. The Bertz CT molecular complexity index is 510. The molecule has 1 rings (SSSR count). The Kier molecular flexibility index (Phi) is 5.39. The number of nitrogens with one attached hydrogen (secondary N) is 1. The molecule has 0 fully saturated rings. The van der Waals surface area contributed by atoms with E-state index >= 15 is 0 Å². The van der Waals surface area contributed by atoms with Gasteiger partial charge in [-0.3, -0.25) is 0 Å². The van der Waals surface area contributed by atoms with E-state index in [0.717, 1.165) is 0 Å². The Hall–Kier alpha value is -1.84. The quantitative estimate of drug-likeness (QED) is 0.882. The lowest BCUT2D eigenvalue weighted by molar-refractivity contribution is -0.159. The number of hydrogen-bond donors (Lipinski definition) is 2. The molecule has 0 saturated heterocycles. The van der Waals surface area contributed by atoms with Crippen molar-refractivity contribution in [3.63, 3.8) is 0 Å². The molecule has 0 bridgehead atoms. The zero-order valence-electron chi connectivity index (χ0n) is 12.6. The number of rotatable bonds is 4. The molecule has 0 aliphatic heterocycles. The van der Waals surface area contributed by atoms with Gasteiger partial charge in [-0.25, -0.2) is 4.79 Å². The maximum atomic E-state index is 12.4. The molecule has 10 heteroatoms. The fourth-order valence-electron chi connectivity index (χ4n) is 1.51. The Balaban J connectivity index is 2.78. The summed E-state index contributed by atoms with van der Waals surface area (Å²) in [5, 5.41) is 15.4. The first-order chi connectivity index (χ1) is 9.94. The normalized spacial score (nSPS) is 15.3. The van der Waals surface area contributed by atoms with E-state index in [0.29, 0.717) is 0 Å². The van der Waals surface area contributed by atoms with Crippen LogP contribution in [0.3, 0.4) is 0 Å². The van der Waals surface area contributed by atoms with Crippen LogP contribution in [0.5, 0.6) is 0 Å². The summed E-state index contributed by atoms with van der Waals surface area (Å²) in [7, 11) is 0. The molecule has 1 heterocycles. The Morgan fingerprint density at radius 3 is 2.41 bits per heavy atom. The van der Waals surface area contributed by atoms with Gasteiger partial charge in [-0.05, 0) is 27.2 Å². The van der Waals surface area contributed by atoms with E-state index < -0.39 is 41.7 Å². The second-order valence-corrected chi connectivity index (χ2v) is 5.56. The van der Waals surface area contributed by atoms with Gasteiger partial charge in [-0.1, -0.05) is 12.1 Å². The third kappa shape index (κ3) is 5.17. The van der Waals surface area contributed by atoms with Crippen molar-refractivity contribution in [2.45, 2.75) is 58.0 Å². The Morgan fingerprint density at radius 1 is 1.41 bits per heavy atom. The zero-order valence-corrected chi connectivity index (χ0v) is 12.6. The number of aromatic nitrogens is 2. The minimum atomic E-state index is -4.80. The van der Waals surface area contributed by atoms with Crippen LogP contribution in [0.1, 0.15) is 51.9 Å². The summed E-state index contributed by atoms with van der Waals surface area (Å²) < 4.78 is 46.2. The van der Waals surface area contributed by atoms with Gasteiger partial charge in [0.2, 0.25) is 5.82 Å². The van der Waals surface area contributed by atoms with Crippen LogP contribution >= 0.6 is 0 Å². The molecule has 1 aromatic heterocycles. The maximum Gasteiger partial charge on any atom is 0.471 e. The molecule has 2 N–H and O–H groups in total. The van der Waals surface area contributed by atoms with Crippen LogP contribution in [0.4, 0.5) is 18.0 Å². The highest BCUT2D eigenvalue weighted by molar-refractivity contribution is 5.68. The van der Waals surface area contributed by atoms with E-state index in [-0.39, 0.29) is 6.42 Å². The van der Waals surface area contributed by atoms with Crippen LogP contribution in [-0.2, 0) is 10.9 Å². The van der Waals surface area contributed by atoms with Gasteiger partial charge in [0.1, 0.15) is 11.7 Å². The van der Waals surface area contributed by atoms with Crippen molar-refractivity contribution in [3.8, 4) is 0 Å². The third-order valence-corrected chi connectivity index (χ3v) is 2.47. The van der Waals surface area contributed by atoms with Gasteiger partial charge < -0.3 is 19.7 Å². The molecule has 7 nitrogen and oxygen atoms in total. The van der Waals surface area contributed by atoms with Crippen LogP contribution in [0, 0.1) is 0 Å². The van der Waals surface area contributed by atoms with Gasteiger partial charge in [0.05, 0.1) is 6.04 Å². The third-order valence-electron chi connectivity index (χ3n) is 2.47. The number of nitrogens with zero attached hydrogens (tertiary/aromatic N) is 2. The molecular formula is C12H18F3N3O4. The number of alkyl carbamates (subject to hydrolysis) is 1. The lowest BCUT2D eigenvalue weighted by atomic mass is 10.1. The number of ether oxygens (including phenoxy) is 1. The molecule has 1 unspecified atom stereocenters. The van der Waals surface area contributed by atoms with Crippen LogP contribution in [0.25, 0.3) is 0 Å². The average Bonchev–Trinajstić information content (AvgIpc) is 2.82. The number of hydrogen-bond acceptors (Lipinski definition) is 6. The SMILES string of the molecule is CC[C@H](NC(=O)OC(C)(C)C)C(O)c1noc(C(F)(F)F)n1. The number of carbonyl (C=O) groups is 1. The number of aliphatic hydroxyl groups is 1. The van der Waals surface area contributed by atoms with Crippen molar-refractivity contribution in [3.05, 3.63) is 11.7 Å². The zero-order chi connectivity index (χ0) is 17.1. The van der Waals surface area contributed by atoms with Crippen LogP contribution in [-0.4, -0.2) is 33.0 Å². The first-order valence-electron chi connectivity index (χ1n) is 6.52. The van der Waals surface area contributed by atoms with Crippen molar-refractivity contribution in [1.29, 1.82) is 0 Å². The molecule has 0 spiro atoms. The second-order valence-electron chi connectivity index (χ2n) is 5.56. The lowest BCUT2D eigenvalue weighted by Gasteiger charge is -2.24. The number of halogens is 3. The number of carbonyl (C=O) groups excluding carboxylic acids is 1. The van der Waals surface area contributed by atoms with Gasteiger partial charge in [0.25, 0.3) is 0 Å². The van der Waals surface area contributed by atoms with Gasteiger partial charge in [0.15, 0.2) is 0 Å². The largest absolute Gasteiger partial charge is 0.471 e. The minimum Gasteiger partial charge on any atom is -0.444 e. The van der Waals surface area contributed by atoms with E-state index in [1.165, 1.54) is 0 Å². The monoisotopic (exact) mass is 325 g/mol. The van der Waals surface area contributed by atoms with Crippen LogP contribution in [0.2, 0.25) is 0 Å². The van der Waals surface area contributed by atoms with Gasteiger partial charge in [-0.2, -0.15) is 18.2 Å². The van der Waals surface area contributed by atoms with Crippen molar-refractivity contribution in [2.75, 3.05) is 0 Å². The molecule has 0 saturated carbocycles. The fourth-order valence-corrected chi connectivity index (χ4v) is 1.51. The first-order valence-corrected chi connectivity index (χ1v) is 6.52. The summed E-state index contributed by atoms with van der Waals surface area (Å²) in [6, 6.07) is -0.923. The molecule has 1 aromatic rings. The molecule has 126 valence electrons. The predicted octanol–water partition coefficient (Wildman–Crippen LogP) is 2.43. The second kappa shape index (κ2) is 6.51. The van der Waals surface area contributed by atoms with E-state index in [4.69, 9.17) is 4.74 Å². The number of aliphatic hydroxyl groups excluding tert-OH is 1. The van der Waals surface area contributed by atoms with Gasteiger partial charge >= 0.3 is 18.2 Å². The van der Waals surface area contributed by atoms with Crippen LogP contribution < -0.4 is 5.32 Å². The highest BCUT2D eigenvalue weighted by Crippen LogP contribution is 2.29. The summed E-state index contributed by atoms with van der Waals surface area (Å²) in [5.41, 5.74) is -0.747. The maximum absolute atomic E-state index is 12.4. The molecule has 22 heavy (non-hydrogen) atoms. The molecule has 0 radical (unpaired) electrons. The summed E-state index contributed by atoms with van der Waals surface area (Å²) in [5.74, 6) is -2.12. The molecule has 2 atom stereocenters. The number of alkyl halides is 3. The number of amides is 1. The molecule has 0 aliphatic rings. The van der Waals surface area contributed by atoms with Crippen molar-refractivity contribution < 1.29 is 32.3 Å². The summed E-state index contributed by atoms with van der Waals surface area (Å²) in [6.45, 7) is 6.58. The van der Waals surface area contributed by atoms with E-state index in [1.807, 2.05) is 0 Å². The van der Waals surface area contributed by atoms with E-state index in [2.05, 4.69) is 20.0 Å². The van der Waals surface area contributed by atoms with Crippen molar-refractivity contribution >= 4 is 6.09 Å². The highest BCUT2D eigenvalue weighted by atomic mass is 19.4.